The maximum atomic E-state index is 3.65. The van der Waals surface area contributed by atoms with Crippen molar-refractivity contribution in [2.75, 3.05) is 6.54 Å². The van der Waals surface area contributed by atoms with Gasteiger partial charge in [0.05, 0.1) is 0 Å². The molecule has 1 aromatic rings. The average Bonchev–Trinajstić information content (AvgIpc) is 2.37. The highest BCUT2D eigenvalue weighted by atomic mass is 14.9. The zero-order valence-corrected chi connectivity index (χ0v) is 11.6. The molecule has 96 valence electrons. The number of nitrogens with one attached hydrogen (secondary N) is 1. The summed E-state index contributed by atoms with van der Waals surface area (Å²) in [6.45, 7) is 7.84. The van der Waals surface area contributed by atoms with E-state index in [1.807, 2.05) is 0 Å². The molecule has 0 aliphatic carbocycles. The standard InChI is InChI=1S/C16H27N/c1-4-7-16(17-12-5-2)13-15-10-8-14(6-3)9-11-15/h8-11,16-17H,4-7,12-13H2,1-3H3. The van der Waals surface area contributed by atoms with Crippen LogP contribution in [0.2, 0.25) is 0 Å². The molecule has 1 rings (SSSR count). The van der Waals surface area contributed by atoms with Crippen LogP contribution in [0.1, 0.15) is 51.2 Å². The van der Waals surface area contributed by atoms with Gasteiger partial charge in [0.15, 0.2) is 0 Å². The Kier molecular flexibility index (Phi) is 6.95. The largest absolute Gasteiger partial charge is 0.314 e. The van der Waals surface area contributed by atoms with Gasteiger partial charge in [-0.15, -0.1) is 0 Å². The third-order valence-electron chi connectivity index (χ3n) is 3.23. The molecule has 0 bridgehead atoms. The van der Waals surface area contributed by atoms with Crippen LogP contribution >= 0.6 is 0 Å². The summed E-state index contributed by atoms with van der Waals surface area (Å²) in [7, 11) is 0. The van der Waals surface area contributed by atoms with Gasteiger partial charge < -0.3 is 5.32 Å². The van der Waals surface area contributed by atoms with E-state index in [0.29, 0.717) is 6.04 Å². The van der Waals surface area contributed by atoms with Crippen LogP contribution in [-0.2, 0) is 12.8 Å². The molecule has 1 atom stereocenters. The van der Waals surface area contributed by atoms with Crippen LogP contribution in [0.3, 0.4) is 0 Å². The molecule has 0 spiro atoms. The number of aryl methyl sites for hydroxylation is 1. The summed E-state index contributed by atoms with van der Waals surface area (Å²) in [5.74, 6) is 0. The quantitative estimate of drug-likeness (QED) is 0.716. The van der Waals surface area contributed by atoms with Crippen molar-refractivity contribution in [2.45, 2.75) is 58.9 Å². The van der Waals surface area contributed by atoms with Crippen LogP contribution in [0.4, 0.5) is 0 Å². The van der Waals surface area contributed by atoms with Crippen molar-refractivity contribution in [2.24, 2.45) is 0 Å². The minimum absolute atomic E-state index is 0.646. The summed E-state index contributed by atoms with van der Waals surface area (Å²) in [5, 5.41) is 3.65. The second-order valence-electron chi connectivity index (χ2n) is 4.81. The first-order valence-electron chi connectivity index (χ1n) is 7.11. The van der Waals surface area contributed by atoms with Crippen LogP contribution in [-0.4, -0.2) is 12.6 Å². The van der Waals surface area contributed by atoms with E-state index in [2.05, 4.69) is 50.4 Å². The number of hydrogen-bond donors (Lipinski definition) is 1. The first kappa shape index (κ1) is 14.2. The van der Waals surface area contributed by atoms with Gasteiger partial charge in [-0.25, -0.2) is 0 Å². The Morgan fingerprint density at radius 3 is 2.12 bits per heavy atom. The van der Waals surface area contributed by atoms with Crippen LogP contribution in [0.5, 0.6) is 0 Å². The monoisotopic (exact) mass is 233 g/mol. The Labute approximate surface area is 107 Å². The fraction of sp³-hybridized carbons (Fsp3) is 0.625. The molecule has 0 saturated heterocycles. The third-order valence-corrected chi connectivity index (χ3v) is 3.23. The lowest BCUT2D eigenvalue weighted by Crippen LogP contribution is -2.31. The van der Waals surface area contributed by atoms with Gasteiger partial charge >= 0.3 is 0 Å². The minimum atomic E-state index is 0.646. The molecule has 1 nitrogen and oxygen atoms in total. The van der Waals surface area contributed by atoms with Crippen LogP contribution in [0.25, 0.3) is 0 Å². The molecular formula is C16H27N. The highest BCUT2D eigenvalue weighted by Crippen LogP contribution is 2.10. The second-order valence-corrected chi connectivity index (χ2v) is 4.81. The topological polar surface area (TPSA) is 12.0 Å². The van der Waals surface area contributed by atoms with Crippen molar-refractivity contribution >= 4 is 0 Å². The van der Waals surface area contributed by atoms with E-state index < -0.39 is 0 Å². The average molecular weight is 233 g/mol. The molecule has 0 radical (unpaired) electrons. The first-order valence-corrected chi connectivity index (χ1v) is 7.11. The van der Waals surface area contributed by atoms with E-state index in [1.54, 1.807) is 0 Å². The predicted octanol–water partition coefficient (Wildman–Crippen LogP) is 3.96. The Balaban J connectivity index is 2.51. The summed E-state index contributed by atoms with van der Waals surface area (Å²) in [6.07, 6.45) is 6.05. The normalized spacial score (nSPS) is 12.6. The van der Waals surface area contributed by atoms with E-state index in [9.17, 15) is 0 Å². The summed E-state index contributed by atoms with van der Waals surface area (Å²) >= 11 is 0. The second kappa shape index (κ2) is 8.30. The van der Waals surface area contributed by atoms with Gasteiger partial charge in [-0.3, -0.25) is 0 Å². The van der Waals surface area contributed by atoms with Crippen molar-refractivity contribution in [3.05, 3.63) is 35.4 Å². The van der Waals surface area contributed by atoms with Gasteiger partial charge in [-0.2, -0.15) is 0 Å². The Hall–Kier alpha value is -0.820. The maximum absolute atomic E-state index is 3.65. The smallest absolute Gasteiger partial charge is 0.0107 e. The Morgan fingerprint density at radius 2 is 1.59 bits per heavy atom. The predicted molar refractivity (Wildman–Crippen MR) is 76.5 cm³/mol. The van der Waals surface area contributed by atoms with Crippen molar-refractivity contribution in [3.8, 4) is 0 Å². The zero-order valence-electron chi connectivity index (χ0n) is 11.6. The van der Waals surface area contributed by atoms with E-state index in [4.69, 9.17) is 0 Å². The highest BCUT2D eigenvalue weighted by Gasteiger charge is 2.07. The number of hydrogen-bond acceptors (Lipinski definition) is 1. The van der Waals surface area contributed by atoms with E-state index in [1.165, 1.54) is 30.4 Å². The first-order chi connectivity index (χ1) is 8.30. The Morgan fingerprint density at radius 1 is 0.941 bits per heavy atom. The van der Waals surface area contributed by atoms with Gasteiger partial charge in [-0.05, 0) is 43.4 Å². The Bertz CT molecular complexity index is 289. The van der Waals surface area contributed by atoms with E-state index in [-0.39, 0.29) is 0 Å². The molecule has 0 fully saturated rings. The highest BCUT2D eigenvalue weighted by molar-refractivity contribution is 5.23. The van der Waals surface area contributed by atoms with Crippen molar-refractivity contribution < 1.29 is 0 Å². The lowest BCUT2D eigenvalue weighted by atomic mass is 10.0. The van der Waals surface area contributed by atoms with E-state index >= 15 is 0 Å². The molecule has 0 aliphatic heterocycles. The third kappa shape index (κ3) is 5.36. The van der Waals surface area contributed by atoms with Gasteiger partial charge in [0.2, 0.25) is 0 Å². The van der Waals surface area contributed by atoms with Gasteiger partial charge in [-0.1, -0.05) is 51.5 Å². The van der Waals surface area contributed by atoms with Crippen molar-refractivity contribution in [1.82, 2.24) is 5.32 Å². The van der Waals surface area contributed by atoms with Crippen molar-refractivity contribution in [1.29, 1.82) is 0 Å². The summed E-state index contributed by atoms with van der Waals surface area (Å²) in [6, 6.07) is 9.74. The molecule has 1 aromatic carbocycles. The summed E-state index contributed by atoms with van der Waals surface area (Å²) < 4.78 is 0. The fourth-order valence-corrected chi connectivity index (χ4v) is 2.17. The van der Waals surface area contributed by atoms with Crippen LogP contribution in [0.15, 0.2) is 24.3 Å². The summed E-state index contributed by atoms with van der Waals surface area (Å²) in [4.78, 5) is 0. The number of benzene rings is 1. The van der Waals surface area contributed by atoms with Crippen LogP contribution < -0.4 is 5.32 Å². The minimum Gasteiger partial charge on any atom is -0.314 e. The molecule has 0 saturated carbocycles. The molecule has 17 heavy (non-hydrogen) atoms. The molecule has 0 amide bonds. The summed E-state index contributed by atoms with van der Waals surface area (Å²) in [5.41, 5.74) is 2.89. The molecule has 1 unspecified atom stereocenters. The maximum Gasteiger partial charge on any atom is 0.0107 e. The van der Waals surface area contributed by atoms with Crippen molar-refractivity contribution in [3.63, 3.8) is 0 Å². The molecule has 0 aromatic heterocycles. The van der Waals surface area contributed by atoms with Gasteiger partial charge in [0, 0.05) is 6.04 Å². The molecule has 1 N–H and O–H groups in total. The molecule has 0 heterocycles. The lowest BCUT2D eigenvalue weighted by Gasteiger charge is -2.18. The zero-order chi connectivity index (χ0) is 12.5. The van der Waals surface area contributed by atoms with E-state index in [0.717, 1.165) is 19.4 Å². The lowest BCUT2D eigenvalue weighted by molar-refractivity contribution is 0.473. The molecule has 1 heteroatoms. The molecule has 0 aliphatic rings. The fourth-order valence-electron chi connectivity index (χ4n) is 2.17. The molecular weight excluding hydrogens is 206 g/mol. The van der Waals surface area contributed by atoms with Gasteiger partial charge in [0.1, 0.15) is 0 Å². The van der Waals surface area contributed by atoms with Gasteiger partial charge in [0.25, 0.3) is 0 Å². The number of rotatable bonds is 8. The van der Waals surface area contributed by atoms with Crippen LogP contribution in [0, 0.1) is 0 Å². The SMILES string of the molecule is CCCNC(CCC)Cc1ccc(CC)cc1.